The van der Waals surface area contributed by atoms with Crippen LogP contribution in [0.3, 0.4) is 0 Å². The Balaban J connectivity index is 1.95. The monoisotopic (exact) mass is 234 g/mol. The van der Waals surface area contributed by atoms with Crippen molar-refractivity contribution < 1.29 is 9.90 Å². The molecule has 1 aromatic rings. The average molecular weight is 234 g/mol. The molecule has 0 heterocycles. The summed E-state index contributed by atoms with van der Waals surface area (Å²) in [6, 6.07) is 7.68. The molecule has 2 atom stereocenters. The zero-order valence-corrected chi connectivity index (χ0v) is 9.94. The van der Waals surface area contributed by atoms with Crippen LogP contribution < -0.4 is 10.6 Å². The number of rotatable bonds is 3. The Hall–Kier alpha value is -1.55. The van der Waals surface area contributed by atoms with E-state index in [4.69, 9.17) is 0 Å². The summed E-state index contributed by atoms with van der Waals surface area (Å²) in [5.74, 6) is -0.0723. The van der Waals surface area contributed by atoms with Crippen molar-refractivity contribution >= 4 is 17.3 Å². The van der Waals surface area contributed by atoms with Gasteiger partial charge in [-0.3, -0.25) is 4.79 Å². The third-order valence-corrected chi connectivity index (χ3v) is 3.04. The number of benzene rings is 1. The highest BCUT2D eigenvalue weighted by Gasteiger charge is 2.24. The quantitative estimate of drug-likeness (QED) is 0.749. The summed E-state index contributed by atoms with van der Waals surface area (Å²) >= 11 is 0. The Morgan fingerprint density at radius 3 is 2.41 bits per heavy atom. The third-order valence-electron chi connectivity index (χ3n) is 3.04. The van der Waals surface area contributed by atoms with Crippen molar-refractivity contribution in [3.63, 3.8) is 0 Å². The fraction of sp³-hybridized carbons (Fsp3) is 0.462. The normalized spacial score (nSPS) is 23.4. The lowest BCUT2D eigenvalue weighted by Crippen LogP contribution is -2.27. The smallest absolute Gasteiger partial charge is 0.221 e. The molecule has 4 nitrogen and oxygen atoms in total. The summed E-state index contributed by atoms with van der Waals surface area (Å²) in [5, 5.41) is 15.7. The molecule has 17 heavy (non-hydrogen) atoms. The number of nitrogens with one attached hydrogen (secondary N) is 2. The molecule has 3 N–H and O–H groups in total. The minimum absolute atomic E-state index is 0.0723. The number of aliphatic hydroxyl groups is 1. The second-order valence-corrected chi connectivity index (χ2v) is 4.51. The highest BCUT2D eigenvalue weighted by Crippen LogP contribution is 2.23. The van der Waals surface area contributed by atoms with Crippen LogP contribution in [-0.2, 0) is 4.79 Å². The Kier molecular flexibility index (Phi) is 3.64. The number of carbonyl (C=O) groups is 1. The summed E-state index contributed by atoms with van der Waals surface area (Å²) in [6.07, 6.45) is 2.71. The van der Waals surface area contributed by atoms with E-state index in [1.165, 1.54) is 6.92 Å². The van der Waals surface area contributed by atoms with E-state index in [1.807, 2.05) is 24.3 Å². The molecule has 0 saturated heterocycles. The van der Waals surface area contributed by atoms with Crippen LogP contribution in [0, 0.1) is 0 Å². The van der Waals surface area contributed by atoms with Gasteiger partial charge in [-0.05, 0) is 43.5 Å². The second kappa shape index (κ2) is 5.19. The lowest BCUT2D eigenvalue weighted by molar-refractivity contribution is -0.114. The largest absolute Gasteiger partial charge is 0.391 e. The lowest BCUT2D eigenvalue weighted by atomic mass is 10.2. The van der Waals surface area contributed by atoms with Crippen molar-refractivity contribution in [2.24, 2.45) is 0 Å². The first-order valence-electron chi connectivity index (χ1n) is 5.97. The molecule has 92 valence electrons. The van der Waals surface area contributed by atoms with Crippen LogP contribution in [0.25, 0.3) is 0 Å². The molecule has 2 rings (SSSR count). The van der Waals surface area contributed by atoms with Crippen molar-refractivity contribution in [1.29, 1.82) is 0 Å². The molecule has 1 fully saturated rings. The van der Waals surface area contributed by atoms with Crippen molar-refractivity contribution in [3.05, 3.63) is 24.3 Å². The van der Waals surface area contributed by atoms with Crippen molar-refractivity contribution in [1.82, 2.24) is 0 Å². The van der Waals surface area contributed by atoms with Gasteiger partial charge in [0.1, 0.15) is 0 Å². The fourth-order valence-electron chi connectivity index (χ4n) is 2.18. The lowest BCUT2D eigenvalue weighted by Gasteiger charge is -2.17. The standard InChI is InChI=1S/C13H18N2O2/c1-9(16)14-10-5-7-11(8-6-10)15-12-3-2-4-13(12)17/h5-8,12-13,15,17H,2-4H2,1H3,(H,14,16). The van der Waals surface area contributed by atoms with Crippen LogP contribution in [0.5, 0.6) is 0 Å². The summed E-state index contributed by atoms with van der Waals surface area (Å²) in [7, 11) is 0. The van der Waals surface area contributed by atoms with Gasteiger partial charge in [0.2, 0.25) is 5.91 Å². The van der Waals surface area contributed by atoms with Crippen molar-refractivity contribution in [2.45, 2.75) is 38.3 Å². The molecular weight excluding hydrogens is 216 g/mol. The Bertz CT molecular complexity index is 389. The number of aliphatic hydroxyl groups excluding tert-OH is 1. The average Bonchev–Trinajstić information content (AvgIpc) is 2.67. The summed E-state index contributed by atoms with van der Waals surface area (Å²) < 4.78 is 0. The molecule has 1 saturated carbocycles. The first-order valence-corrected chi connectivity index (χ1v) is 5.97. The number of hydrogen-bond acceptors (Lipinski definition) is 3. The Morgan fingerprint density at radius 2 is 1.88 bits per heavy atom. The van der Waals surface area contributed by atoms with Gasteiger partial charge >= 0.3 is 0 Å². The number of amides is 1. The van der Waals surface area contributed by atoms with Gasteiger partial charge in [-0.2, -0.15) is 0 Å². The highest BCUT2D eigenvalue weighted by molar-refractivity contribution is 5.88. The summed E-state index contributed by atoms with van der Waals surface area (Å²) in [4.78, 5) is 10.9. The maximum absolute atomic E-state index is 10.9. The molecule has 0 aromatic heterocycles. The molecule has 1 aliphatic rings. The van der Waals surface area contributed by atoms with Crippen molar-refractivity contribution in [2.75, 3.05) is 10.6 Å². The number of carbonyl (C=O) groups excluding carboxylic acids is 1. The van der Waals surface area contributed by atoms with Gasteiger partial charge in [0.25, 0.3) is 0 Å². The van der Waals surface area contributed by atoms with E-state index in [-0.39, 0.29) is 18.1 Å². The first-order chi connectivity index (χ1) is 8.15. The highest BCUT2D eigenvalue weighted by atomic mass is 16.3. The molecule has 1 aromatic carbocycles. The van der Waals surface area contributed by atoms with Gasteiger partial charge in [-0.15, -0.1) is 0 Å². The van der Waals surface area contributed by atoms with Crippen molar-refractivity contribution in [3.8, 4) is 0 Å². The zero-order valence-electron chi connectivity index (χ0n) is 9.94. The van der Waals surface area contributed by atoms with Gasteiger partial charge in [0.15, 0.2) is 0 Å². The fourth-order valence-corrected chi connectivity index (χ4v) is 2.18. The van der Waals surface area contributed by atoms with Crippen LogP contribution in [0.15, 0.2) is 24.3 Å². The van der Waals surface area contributed by atoms with Gasteiger partial charge in [-0.1, -0.05) is 0 Å². The van der Waals surface area contributed by atoms with E-state index in [0.29, 0.717) is 0 Å². The predicted octanol–water partition coefficient (Wildman–Crippen LogP) is 1.97. The maximum Gasteiger partial charge on any atom is 0.221 e. The van der Waals surface area contributed by atoms with E-state index in [0.717, 1.165) is 30.6 Å². The molecule has 0 bridgehead atoms. The molecular formula is C13H18N2O2. The Labute approximate surface area is 101 Å². The topological polar surface area (TPSA) is 61.4 Å². The van der Waals surface area contributed by atoms with Crippen LogP contribution in [-0.4, -0.2) is 23.2 Å². The van der Waals surface area contributed by atoms with E-state index in [9.17, 15) is 9.90 Å². The van der Waals surface area contributed by atoms with E-state index in [1.54, 1.807) is 0 Å². The molecule has 4 heteroatoms. The van der Waals surface area contributed by atoms with E-state index >= 15 is 0 Å². The predicted molar refractivity (Wildman–Crippen MR) is 68.0 cm³/mol. The summed E-state index contributed by atoms with van der Waals surface area (Å²) in [6.45, 7) is 1.49. The molecule has 1 aliphatic carbocycles. The molecule has 0 aliphatic heterocycles. The first kappa shape index (κ1) is 11.9. The van der Waals surface area contributed by atoms with Gasteiger partial charge in [-0.25, -0.2) is 0 Å². The van der Waals surface area contributed by atoms with Gasteiger partial charge < -0.3 is 15.7 Å². The molecule has 2 unspecified atom stereocenters. The van der Waals surface area contributed by atoms with E-state index in [2.05, 4.69) is 10.6 Å². The van der Waals surface area contributed by atoms with E-state index < -0.39 is 0 Å². The minimum Gasteiger partial charge on any atom is -0.391 e. The minimum atomic E-state index is -0.245. The molecule has 1 amide bonds. The zero-order chi connectivity index (χ0) is 12.3. The van der Waals surface area contributed by atoms with Crippen LogP contribution in [0.4, 0.5) is 11.4 Å². The van der Waals surface area contributed by atoms with Gasteiger partial charge in [0, 0.05) is 18.3 Å². The van der Waals surface area contributed by atoms with Crippen LogP contribution in [0.2, 0.25) is 0 Å². The molecule has 0 spiro atoms. The maximum atomic E-state index is 10.9. The molecule has 0 radical (unpaired) electrons. The Morgan fingerprint density at radius 1 is 1.24 bits per heavy atom. The van der Waals surface area contributed by atoms with Crippen LogP contribution >= 0.6 is 0 Å². The second-order valence-electron chi connectivity index (χ2n) is 4.51. The third kappa shape index (κ3) is 3.20. The SMILES string of the molecule is CC(=O)Nc1ccc(NC2CCCC2O)cc1. The summed E-state index contributed by atoms with van der Waals surface area (Å²) in [5.41, 5.74) is 1.76. The van der Waals surface area contributed by atoms with Crippen LogP contribution in [0.1, 0.15) is 26.2 Å². The number of hydrogen-bond donors (Lipinski definition) is 3. The number of anilines is 2. The van der Waals surface area contributed by atoms with Gasteiger partial charge in [0.05, 0.1) is 12.1 Å².